The summed E-state index contributed by atoms with van der Waals surface area (Å²) < 4.78 is 0. The van der Waals surface area contributed by atoms with E-state index in [1.54, 1.807) is 4.90 Å². The highest BCUT2D eigenvalue weighted by Crippen LogP contribution is 2.26. The molecule has 0 saturated carbocycles. The lowest BCUT2D eigenvalue weighted by atomic mass is 10.1. The number of carbonyl (C=O) groups is 2. The predicted molar refractivity (Wildman–Crippen MR) is 124 cm³/mol. The summed E-state index contributed by atoms with van der Waals surface area (Å²) in [4.78, 5) is 31.9. The van der Waals surface area contributed by atoms with Gasteiger partial charge in [0.05, 0.1) is 5.92 Å². The minimum atomic E-state index is -0.311. The summed E-state index contributed by atoms with van der Waals surface area (Å²) in [5, 5.41) is 3.09. The largest absolute Gasteiger partial charge is 0.369 e. The van der Waals surface area contributed by atoms with Crippen molar-refractivity contribution in [3.8, 4) is 0 Å². The van der Waals surface area contributed by atoms with Crippen molar-refractivity contribution >= 4 is 23.2 Å². The predicted octanol–water partition coefficient (Wildman–Crippen LogP) is 2.67. The van der Waals surface area contributed by atoms with Crippen LogP contribution in [0.15, 0.2) is 48.5 Å². The molecule has 6 heteroatoms. The summed E-state index contributed by atoms with van der Waals surface area (Å²) in [5.74, 6) is -0.342. The van der Waals surface area contributed by atoms with Gasteiger partial charge in [0, 0.05) is 57.1 Å². The standard InChI is InChI=1S/C25H32N4O2/c1-3-19-8-10-22(11-9-19)29-18-21(16-24(29)30)25(31)26-17-20-6-4-5-7-23(20)28-14-12-27(2)13-15-28/h4-11,21H,3,12-18H2,1-2H3,(H,26,31). The molecule has 31 heavy (non-hydrogen) atoms. The molecule has 1 N–H and O–H groups in total. The second-order valence-electron chi connectivity index (χ2n) is 8.56. The van der Waals surface area contributed by atoms with Crippen molar-refractivity contribution in [1.29, 1.82) is 0 Å². The van der Waals surface area contributed by atoms with Gasteiger partial charge in [0.15, 0.2) is 0 Å². The van der Waals surface area contributed by atoms with Crippen molar-refractivity contribution in [3.05, 3.63) is 59.7 Å². The second-order valence-corrected chi connectivity index (χ2v) is 8.56. The highest BCUT2D eigenvalue weighted by Gasteiger charge is 2.35. The lowest BCUT2D eigenvalue weighted by Gasteiger charge is -2.35. The highest BCUT2D eigenvalue weighted by atomic mass is 16.2. The van der Waals surface area contributed by atoms with Crippen LogP contribution in [0, 0.1) is 5.92 Å². The van der Waals surface area contributed by atoms with E-state index in [-0.39, 0.29) is 24.2 Å². The number of hydrogen-bond donors (Lipinski definition) is 1. The number of amides is 2. The van der Waals surface area contributed by atoms with Gasteiger partial charge in [-0.2, -0.15) is 0 Å². The second kappa shape index (κ2) is 9.52. The number of likely N-dealkylation sites (N-methyl/N-ethyl adjacent to an activating group) is 1. The van der Waals surface area contributed by atoms with E-state index in [4.69, 9.17) is 0 Å². The first-order valence-corrected chi connectivity index (χ1v) is 11.2. The molecular formula is C25H32N4O2. The van der Waals surface area contributed by atoms with Crippen LogP contribution >= 0.6 is 0 Å². The summed E-state index contributed by atoms with van der Waals surface area (Å²) in [5.41, 5.74) is 4.43. The van der Waals surface area contributed by atoms with Crippen LogP contribution in [0.5, 0.6) is 0 Å². The van der Waals surface area contributed by atoms with Gasteiger partial charge in [-0.15, -0.1) is 0 Å². The summed E-state index contributed by atoms with van der Waals surface area (Å²) in [7, 11) is 2.15. The minimum Gasteiger partial charge on any atom is -0.369 e. The molecule has 0 aliphatic carbocycles. The molecule has 2 fully saturated rings. The van der Waals surface area contributed by atoms with Crippen LogP contribution < -0.4 is 15.1 Å². The third-order valence-electron chi connectivity index (χ3n) is 6.44. The summed E-state index contributed by atoms with van der Waals surface area (Å²) in [6, 6.07) is 16.3. The Morgan fingerprint density at radius 2 is 1.74 bits per heavy atom. The van der Waals surface area contributed by atoms with Crippen LogP contribution in [-0.2, 0) is 22.6 Å². The zero-order valence-electron chi connectivity index (χ0n) is 18.5. The van der Waals surface area contributed by atoms with E-state index in [0.717, 1.165) is 43.9 Å². The molecule has 0 bridgehead atoms. The smallest absolute Gasteiger partial charge is 0.227 e. The molecule has 2 aromatic carbocycles. The van der Waals surface area contributed by atoms with Gasteiger partial charge >= 0.3 is 0 Å². The molecule has 2 aliphatic heterocycles. The van der Waals surface area contributed by atoms with Crippen molar-refractivity contribution in [2.24, 2.45) is 5.92 Å². The van der Waals surface area contributed by atoms with Crippen molar-refractivity contribution in [2.45, 2.75) is 26.3 Å². The zero-order valence-corrected chi connectivity index (χ0v) is 18.5. The van der Waals surface area contributed by atoms with Crippen molar-refractivity contribution < 1.29 is 9.59 Å². The molecule has 2 amide bonds. The number of piperazine rings is 1. The fourth-order valence-corrected chi connectivity index (χ4v) is 4.39. The Morgan fingerprint density at radius 1 is 1.03 bits per heavy atom. The van der Waals surface area contributed by atoms with Gasteiger partial charge in [-0.05, 0) is 42.8 Å². The highest BCUT2D eigenvalue weighted by molar-refractivity contribution is 6.00. The molecule has 4 rings (SSSR count). The van der Waals surface area contributed by atoms with Crippen LogP contribution in [0.1, 0.15) is 24.5 Å². The molecule has 6 nitrogen and oxygen atoms in total. The van der Waals surface area contributed by atoms with Crippen LogP contribution in [-0.4, -0.2) is 56.5 Å². The Kier molecular flexibility index (Phi) is 6.56. The van der Waals surface area contributed by atoms with E-state index in [1.165, 1.54) is 11.3 Å². The first kappa shape index (κ1) is 21.4. The third-order valence-corrected chi connectivity index (χ3v) is 6.44. The molecule has 164 valence electrons. The maximum Gasteiger partial charge on any atom is 0.227 e. The van der Waals surface area contributed by atoms with Gasteiger partial charge in [-0.25, -0.2) is 0 Å². The van der Waals surface area contributed by atoms with E-state index in [0.29, 0.717) is 13.1 Å². The van der Waals surface area contributed by atoms with Gasteiger partial charge in [0.2, 0.25) is 11.8 Å². The fourth-order valence-electron chi connectivity index (χ4n) is 4.39. The minimum absolute atomic E-state index is 0.0160. The average molecular weight is 421 g/mol. The molecule has 0 radical (unpaired) electrons. The van der Waals surface area contributed by atoms with Gasteiger partial charge in [-0.3, -0.25) is 9.59 Å². The molecule has 2 aromatic rings. The Hall–Kier alpha value is -2.86. The third kappa shape index (κ3) is 4.90. The monoisotopic (exact) mass is 420 g/mol. The van der Waals surface area contributed by atoms with Crippen molar-refractivity contribution in [3.63, 3.8) is 0 Å². The first-order chi connectivity index (χ1) is 15.0. The number of hydrogen-bond acceptors (Lipinski definition) is 4. The number of aryl methyl sites for hydroxylation is 1. The van der Waals surface area contributed by atoms with Crippen molar-refractivity contribution in [2.75, 3.05) is 49.6 Å². The van der Waals surface area contributed by atoms with Crippen LogP contribution in [0.25, 0.3) is 0 Å². The van der Waals surface area contributed by atoms with Gasteiger partial charge in [-0.1, -0.05) is 37.3 Å². The fraction of sp³-hybridized carbons (Fsp3) is 0.440. The number of para-hydroxylation sites is 1. The number of nitrogens with one attached hydrogen (secondary N) is 1. The number of anilines is 2. The number of carbonyl (C=O) groups excluding carboxylic acids is 2. The van der Waals surface area contributed by atoms with Gasteiger partial charge in [0.25, 0.3) is 0 Å². The molecular weight excluding hydrogens is 388 g/mol. The molecule has 0 spiro atoms. The topological polar surface area (TPSA) is 55.9 Å². The normalized spacial score (nSPS) is 19.7. The van der Waals surface area contributed by atoms with E-state index in [1.807, 2.05) is 30.3 Å². The summed E-state index contributed by atoms with van der Waals surface area (Å²) in [6.07, 6.45) is 1.23. The molecule has 0 aromatic heterocycles. The first-order valence-electron chi connectivity index (χ1n) is 11.2. The quantitative estimate of drug-likeness (QED) is 0.781. The molecule has 2 aliphatic rings. The van der Waals surface area contributed by atoms with Gasteiger partial charge in [0.1, 0.15) is 0 Å². The molecule has 1 unspecified atom stereocenters. The maximum absolute atomic E-state index is 12.9. The van der Waals surface area contributed by atoms with Crippen molar-refractivity contribution in [1.82, 2.24) is 10.2 Å². The van der Waals surface area contributed by atoms with Crippen LogP contribution in [0.3, 0.4) is 0 Å². The molecule has 2 heterocycles. The lowest BCUT2D eigenvalue weighted by molar-refractivity contribution is -0.126. The van der Waals surface area contributed by atoms with Crippen LogP contribution in [0.4, 0.5) is 11.4 Å². The van der Waals surface area contributed by atoms with Gasteiger partial charge < -0.3 is 20.0 Å². The lowest BCUT2D eigenvalue weighted by Crippen LogP contribution is -2.45. The van der Waals surface area contributed by atoms with Crippen LogP contribution in [0.2, 0.25) is 0 Å². The SMILES string of the molecule is CCc1ccc(N2CC(C(=O)NCc3ccccc3N3CCN(C)CC3)CC2=O)cc1. The Balaban J connectivity index is 1.37. The number of benzene rings is 2. The Morgan fingerprint density at radius 3 is 2.45 bits per heavy atom. The Labute approximate surface area is 184 Å². The Bertz CT molecular complexity index is 919. The van der Waals surface area contributed by atoms with E-state index in [9.17, 15) is 9.59 Å². The average Bonchev–Trinajstić information content (AvgIpc) is 3.20. The maximum atomic E-state index is 12.9. The summed E-state index contributed by atoms with van der Waals surface area (Å²) >= 11 is 0. The number of nitrogens with zero attached hydrogens (tertiary/aromatic N) is 3. The van der Waals surface area contributed by atoms with E-state index >= 15 is 0 Å². The zero-order chi connectivity index (χ0) is 21.8. The number of rotatable bonds is 6. The van der Waals surface area contributed by atoms with E-state index in [2.05, 4.69) is 47.3 Å². The molecule has 1 atom stereocenters. The molecule has 2 saturated heterocycles. The summed E-state index contributed by atoms with van der Waals surface area (Å²) in [6.45, 7) is 7.10. The van der Waals surface area contributed by atoms with E-state index < -0.39 is 0 Å².